The molecule has 6 nitrogen and oxygen atoms in total. The van der Waals surface area contributed by atoms with Crippen molar-refractivity contribution in [2.45, 2.75) is 19.8 Å². The minimum absolute atomic E-state index is 0.208. The molecule has 0 aromatic heterocycles. The number of benzene rings is 2. The summed E-state index contributed by atoms with van der Waals surface area (Å²) in [6, 6.07) is 13.6. The Morgan fingerprint density at radius 3 is 2.34 bits per heavy atom. The van der Waals surface area contributed by atoms with Crippen LogP contribution in [0.1, 0.15) is 36.5 Å². The van der Waals surface area contributed by atoms with E-state index >= 15 is 0 Å². The van der Waals surface area contributed by atoms with Gasteiger partial charge in [0, 0.05) is 0 Å². The topological polar surface area (TPSA) is 72.3 Å². The van der Waals surface area contributed by atoms with Crippen molar-refractivity contribution in [1.29, 1.82) is 0 Å². The number of ether oxygens (including phenoxy) is 2. The molecule has 1 heterocycles. The van der Waals surface area contributed by atoms with E-state index in [0.29, 0.717) is 27.5 Å². The molecular formula is C22H23N3O3S. The van der Waals surface area contributed by atoms with E-state index in [-0.39, 0.29) is 5.91 Å². The van der Waals surface area contributed by atoms with E-state index < -0.39 is 0 Å². The van der Waals surface area contributed by atoms with Crippen LogP contribution in [0.5, 0.6) is 11.5 Å². The predicted octanol–water partition coefficient (Wildman–Crippen LogP) is 4.42. The van der Waals surface area contributed by atoms with Crippen molar-refractivity contribution < 1.29 is 14.3 Å². The van der Waals surface area contributed by atoms with Crippen molar-refractivity contribution in [3.8, 4) is 11.5 Å². The van der Waals surface area contributed by atoms with E-state index in [4.69, 9.17) is 9.47 Å². The Morgan fingerprint density at radius 2 is 1.69 bits per heavy atom. The SMILES string of the molecule is COc1ccc(C=C2SC(=NN=Cc3ccc(C(C)C)cc3)NC2=O)cc1OC. The van der Waals surface area contributed by atoms with E-state index in [0.717, 1.165) is 11.1 Å². The van der Waals surface area contributed by atoms with E-state index in [9.17, 15) is 4.79 Å². The Morgan fingerprint density at radius 1 is 1.00 bits per heavy atom. The van der Waals surface area contributed by atoms with Crippen LogP contribution in [0.2, 0.25) is 0 Å². The molecule has 1 aliphatic rings. The fourth-order valence-corrected chi connectivity index (χ4v) is 3.46. The first-order valence-electron chi connectivity index (χ1n) is 9.14. The van der Waals surface area contributed by atoms with Crippen LogP contribution in [0.15, 0.2) is 57.6 Å². The largest absolute Gasteiger partial charge is 0.493 e. The lowest BCUT2D eigenvalue weighted by Crippen LogP contribution is -2.19. The van der Waals surface area contributed by atoms with E-state index in [2.05, 4.69) is 41.5 Å². The van der Waals surface area contributed by atoms with Crippen LogP contribution >= 0.6 is 11.8 Å². The van der Waals surface area contributed by atoms with Crippen LogP contribution in [0.3, 0.4) is 0 Å². The average Bonchev–Trinajstić information content (AvgIpc) is 3.07. The maximum absolute atomic E-state index is 12.2. The van der Waals surface area contributed by atoms with Gasteiger partial charge in [0.05, 0.1) is 25.3 Å². The first-order chi connectivity index (χ1) is 14.0. The van der Waals surface area contributed by atoms with Gasteiger partial charge in [0.25, 0.3) is 5.91 Å². The van der Waals surface area contributed by atoms with Crippen LogP contribution < -0.4 is 14.8 Å². The fraction of sp³-hybridized carbons (Fsp3) is 0.227. The molecule has 3 rings (SSSR count). The predicted molar refractivity (Wildman–Crippen MR) is 119 cm³/mol. The third-order valence-corrected chi connectivity index (χ3v) is 5.21. The molecule has 1 fully saturated rings. The highest BCUT2D eigenvalue weighted by molar-refractivity contribution is 8.18. The number of methoxy groups -OCH3 is 2. The highest BCUT2D eigenvalue weighted by Crippen LogP contribution is 2.31. The van der Waals surface area contributed by atoms with Gasteiger partial charge in [0.2, 0.25) is 0 Å². The third-order valence-electron chi connectivity index (χ3n) is 4.31. The van der Waals surface area contributed by atoms with Gasteiger partial charge in [0.15, 0.2) is 16.7 Å². The molecule has 0 bridgehead atoms. The second-order valence-corrected chi connectivity index (χ2v) is 7.68. The van der Waals surface area contributed by atoms with Gasteiger partial charge in [-0.15, -0.1) is 5.10 Å². The molecule has 7 heteroatoms. The summed E-state index contributed by atoms with van der Waals surface area (Å²) in [7, 11) is 3.16. The molecule has 0 aliphatic carbocycles. The molecule has 150 valence electrons. The number of nitrogens with zero attached hydrogens (tertiary/aromatic N) is 2. The monoisotopic (exact) mass is 409 g/mol. The van der Waals surface area contributed by atoms with E-state index in [1.165, 1.54) is 17.3 Å². The minimum Gasteiger partial charge on any atom is -0.493 e. The van der Waals surface area contributed by atoms with Crippen molar-refractivity contribution in [1.82, 2.24) is 5.32 Å². The molecule has 29 heavy (non-hydrogen) atoms. The van der Waals surface area contributed by atoms with Crippen molar-refractivity contribution in [3.05, 3.63) is 64.1 Å². The molecule has 1 aliphatic heterocycles. The molecule has 1 saturated heterocycles. The smallest absolute Gasteiger partial charge is 0.264 e. The zero-order valence-corrected chi connectivity index (χ0v) is 17.6. The Labute approximate surface area is 174 Å². The highest BCUT2D eigenvalue weighted by atomic mass is 32.2. The Balaban J connectivity index is 1.70. The summed E-state index contributed by atoms with van der Waals surface area (Å²) >= 11 is 1.24. The Hall–Kier alpha value is -3.06. The standard InChI is InChI=1S/C22H23N3O3S/c1-14(2)17-8-5-15(6-9-17)13-23-25-22-24-21(26)20(29-22)12-16-7-10-18(27-3)19(11-16)28-4/h5-14H,1-4H3,(H,24,25,26). The van der Waals surface area contributed by atoms with Crippen molar-refractivity contribution >= 4 is 35.1 Å². The number of nitrogens with one attached hydrogen (secondary N) is 1. The van der Waals surface area contributed by atoms with Gasteiger partial charge >= 0.3 is 0 Å². The summed E-state index contributed by atoms with van der Waals surface area (Å²) < 4.78 is 10.5. The quantitative estimate of drug-likeness (QED) is 0.435. The first kappa shape index (κ1) is 20.7. The normalized spacial score (nSPS) is 16.8. The third kappa shape index (κ3) is 5.26. The van der Waals surface area contributed by atoms with Gasteiger partial charge in [0.1, 0.15) is 0 Å². The summed E-state index contributed by atoms with van der Waals surface area (Å²) in [5.41, 5.74) is 3.06. The molecule has 0 unspecified atom stereocenters. The van der Waals surface area contributed by atoms with Gasteiger partial charge in [-0.05, 0) is 52.6 Å². The van der Waals surface area contributed by atoms with Gasteiger partial charge in [-0.3, -0.25) is 10.1 Å². The van der Waals surface area contributed by atoms with Crippen molar-refractivity contribution in [2.24, 2.45) is 10.2 Å². The minimum atomic E-state index is -0.208. The maximum Gasteiger partial charge on any atom is 0.264 e. The van der Waals surface area contributed by atoms with Crippen molar-refractivity contribution in [3.63, 3.8) is 0 Å². The highest BCUT2D eigenvalue weighted by Gasteiger charge is 2.24. The summed E-state index contributed by atoms with van der Waals surface area (Å²) in [6.45, 7) is 4.31. The zero-order chi connectivity index (χ0) is 20.8. The molecule has 0 spiro atoms. The van der Waals surface area contributed by atoms with E-state index in [1.54, 1.807) is 32.6 Å². The lowest BCUT2D eigenvalue weighted by atomic mass is 10.0. The first-order valence-corrected chi connectivity index (χ1v) is 9.95. The molecule has 2 aromatic carbocycles. The molecule has 0 radical (unpaired) electrons. The van der Waals surface area contributed by atoms with Crippen LogP contribution in [0, 0.1) is 0 Å². The number of amidine groups is 1. The molecule has 1 amide bonds. The average molecular weight is 410 g/mol. The summed E-state index contributed by atoms with van der Waals surface area (Å²) in [4.78, 5) is 12.7. The van der Waals surface area contributed by atoms with Crippen LogP contribution in [0.4, 0.5) is 0 Å². The lowest BCUT2D eigenvalue weighted by Gasteiger charge is -2.07. The molecular weight excluding hydrogens is 386 g/mol. The number of amides is 1. The Kier molecular flexibility index (Phi) is 6.72. The molecule has 2 aromatic rings. The second-order valence-electron chi connectivity index (χ2n) is 6.65. The number of rotatable bonds is 6. The van der Waals surface area contributed by atoms with Gasteiger partial charge in [-0.25, -0.2) is 0 Å². The van der Waals surface area contributed by atoms with Crippen LogP contribution in [-0.2, 0) is 4.79 Å². The number of carbonyl (C=O) groups is 1. The van der Waals surface area contributed by atoms with E-state index in [1.807, 2.05) is 24.3 Å². The second kappa shape index (κ2) is 9.43. The van der Waals surface area contributed by atoms with Gasteiger partial charge < -0.3 is 9.47 Å². The number of carbonyl (C=O) groups excluding carboxylic acids is 1. The molecule has 0 atom stereocenters. The lowest BCUT2D eigenvalue weighted by molar-refractivity contribution is -0.115. The molecule has 1 N–H and O–H groups in total. The van der Waals surface area contributed by atoms with Crippen molar-refractivity contribution in [2.75, 3.05) is 14.2 Å². The fourth-order valence-electron chi connectivity index (χ4n) is 2.68. The van der Waals surface area contributed by atoms with Gasteiger partial charge in [-0.2, -0.15) is 5.10 Å². The Bertz CT molecular complexity index is 979. The maximum atomic E-state index is 12.2. The number of hydrogen-bond donors (Lipinski definition) is 1. The summed E-state index contributed by atoms with van der Waals surface area (Å²) in [5, 5.41) is 11.4. The number of hydrogen-bond acceptors (Lipinski definition) is 6. The van der Waals surface area contributed by atoms with Gasteiger partial charge in [-0.1, -0.05) is 44.2 Å². The zero-order valence-electron chi connectivity index (χ0n) is 16.8. The number of thioether (sulfide) groups is 1. The summed E-state index contributed by atoms with van der Waals surface area (Å²) in [5.74, 6) is 1.52. The summed E-state index contributed by atoms with van der Waals surface area (Å²) in [6.07, 6.45) is 3.44. The molecule has 0 saturated carbocycles. The van der Waals surface area contributed by atoms with Crippen LogP contribution in [0.25, 0.3) is 6.08 Å². The van der Waals surface area contributed by atoms with Crippen LogP contribution in [-0.4, -0.2) is 31.5 Å².